The van der Waals surface area contributed by atoms with Crippen molar-refractivity contribution < 1.29 is 33.3 Å². The number of esters is 2. The lowest BCUT2D eigenvalue weighted by Gasteiger charge is -2.32. The molecule has 33 heavy (non-hydrogen) atoms. The molecule has 0 spiro atoms. The molecular formula is C26H34O7. The smallest absolute Gasteiger partial charge is 0.338 e. The second-order valence-electron chi connectivity index (χ2n) is 7.60. The monoisotopic (exact) mass is 458 g/mol. The summed E-state index contributed by atoms with van der Waals surface area (Å²) >= 11 is 0. The molecule has 0 aliphatic carbocycles. The van der Waals surface area contributed by atoms with Crippen LogP contribution < -0.4 is 0 Å². The van der Waals surface area contributed by atoms with E-state index in [4.69, 9.17) is 23.7 Å². The van der Waals surface area contributed by atoms with Crippen molar-refractivity contribution in [2.75, 3.05) is 52.9 Å². The third kappa shape index (κ3) is 9.74. The SMILES string of the molecule is CCOCC(CC)(COCCOC(=O)c1ccccc1)COCCOC(=O)c1ccccc1. The van der Waals surface area contributed by atoms with Crippen LogP contribution in [0.3, 0.4) is 0 Å². The molecule has 180 valence electrons. The number of carbonyl (C=O) groups is 2. The lowest BCUT2D eigenvalue weighted by molar-refractivity contribution is -0.0786. The standard InChI is InChI=1S/C26H34O7/c1-3-26(19-29-4-2,20-30-15-17-32-24(27)22-11-7-5-8-12-22)21-31-16-18-33-25(28)23-13-9-6-10-14-23/h5-14H,3-4,15-21H2,1-2H3. The van der Waals surface area contributed by atoms with Gasteiger partial charge in [-0.15, -0.1) is 0 Å². The van der Waals surface area contributed by atoms with E-state index in [2.05, 4.69) is 6.92 Å². The van der Waals surface area contributed by atoms with Gasteiger partial charge in [0.1, 0.15) is 13.2 Å². The zero-order valence-corrected chi connectivity index (χ0v) is 19.5. The fourth-order valence-corrected chi connectivity index (χ4v) is 3.03. The molecule has 0 atom stereocenters. The second kappa shape index (κ2) is 15.2. The van der Waals surface area contributed by atoms with Gasteiger partial charge in [-0.25, -0.2) is 9.59 Å². The molecule has 0 fully saturated rings. The summed E-state index contributed by atoms with van der Waals surface area (Å²) in [5.41, 5.74) is 0.680. The molecule has 0 saturated carbocycles. The minimum Gasteiger partial charge on any atom is -0.460 e. The Hall–Kier alpha value is -2.74. The Labute approximate surface area is 195 Å². The van der Waals surface area contributed by atoms with E-state index < -0.39 is 0 Å². The van der Waals surface area contributed by atoms with Crippen LogP contribution in [0.4, 0.5) is 0 Å². The first-order valence-corrected chi connectivity index (χ1v) is 11.3. The van der Waals surface area contributed by atoms with Gasteiger partial charge in [0.15, 0.2) is 0 Å². The first-order valence-electron chi connectivity index (χ1n) is 11.3. The lowest BCUT2D eigenvalue weighted by atomic mass is 9.88. The van der Waals surface area contributed by atoms with Gasteiger partial charge in [-0.2, -0.15) is 0 Å². The Balaban J connectivity index is 1.71. The van der Waals surface area contributed by atoms with Gasteiger partial charge in [0.05, 0.1) is 44.2 Å². The zero-order valence-electron chi connectivity index (χ0n) is 19.5. The quantitative estimate of drug-likeness (QED) is 0.276. The molecular weight excluding hydrogens is 424 g/mol. The van der Waals surface area contributed by atoms with Crippen LogP contribution >= 0.6 is 0 Å². The minimum absolute atomic E-state index is 0.165. The molecule has 7 heteroatoms. The number of ether oxygens (including phenoxy) is 5. The Morgan fingerprint density at radius 3 is 1.45 bits per heavy atom. The number of rotatable bonds is 16. The molecule has 2 aromatic carbocycles. The first-order chi connectivity index (χ1) is 16.1. The van der Waals surface area contributed by atoms with Crippen molar-refractivity contribution in [3.8, 4) is 0 Å². The fourth-order valence-electron chi connectivity index (χ4n) is 3.03. The van der Waals surface area contributed by atoms with Crippen LogP contribution in [0.25, 0.3) is 0 Å². The van der Waals surface area contributed by atoms with Crippen LogP contribution in [0.15, 0.2) is 60.7 Å². The Bertz CT molecular complexity index is 746. The summed E-state index contributed by atoms with van der Waals surface area (Å²) in [6, 6.07) is 17.7. The summed E-state index contributed by atoms with van der Waals surface area (Å²) in [7, 11) is 0. The summed E-state index contributed by atoms with van der Waals surface area (Å²) < 4.78 is 27.8. The zero-order chi connectivity index (χ0) is 23.8. The van der Waals surface area contributed by atoms with Gasteiger partial charge >= 0.3 is 11.9 Å². The van der Waals surface area contributed by atoms with Crippen LogP contribution in [0, 0.1) is 5.41 Å². The second-order valence-corrected chi connectivity index (χ2v) is 7.60. The van der Waals surface area contributed by atoms with Crippen LogP contribution in [-0.2, 0) is 23.7 Å². The Morgan fingerprint density at radius 1 is 0.636 bits per heavy atom. The largest absolute Gasteiger partial charge is 0.460 e. The molecule has 0 radical (unpaired) electrons. The van der Waals surface area contributed by atoms with E-state index in [1.807, 2.05) is 19.1 Å². The predicted octanol–water partition coefficient (Wildman–Crippen LogP) is 4.17. The van der Waals surface area contributed by atoms with Gasteiger partial charge in [0.2, 0.25) is 0 Å². The average Bonchev–Trinajstić information content (AvgIpc) is 2.87. The third-order valence-corrected chi connectivity index (χ3v) is 5.12. The molecule has 0 saturated heterocycles. The summed E-state index contributed by atoms with van der Waals surface area (Å²) in [6.45, 7) is 6.75. The van der Waals surface area contributed by atoms with Gasteiger partial charge in [0.25, 0.3) is 0 Å². The average molecular weight is 459 g/mol. The van der Waals surface area contributed by atoms with Crippen molar-refractivity contribution in [1.29, 1.82) is 0 Å². The van der Waals surface area contributed by atoms with Crippen LogP contribution in [-0.4, -0.2) is 64.8 Å². The van der Waals surface area contributed by atoms with Gasteiger partial charge < -0.3 is 23.7 Å². The van der Waals surface area contributed by atoms with E-state index in [1.54, 1.807) is 48.5 Å². The maximum Gasteiger partial charge on any atom is 0.338 e. The van der Waals surface area contributed by atoms with Crippen molar-refractivity contribution in [2.45, 2.75) is 20.3 Å². The van der Waals surface area contributed by atoms with E-state index >= 15 is 0 Å². The molecule has 0 bridgehead atoms. The normalized spacial score (nSPS) is 11.2. The molecule has 7 nitrogen and oxygen atoms in total. The minimum atomic E-state index is -0.372. The maximum absolute atomic E-state index is 12.0. The van der Waals surface area contributed by atoms with Crippen molar-refractivity contribution >= 4 is 11.9 Å². The van der Waals surface area contributed by atoms with Crippen molar-refractivity contribution in [2.24, 2.45) is 5.41 Å². The number of benzene rings is 2. The highest BCUT2D eigenvalue weighted by Gasteiger charge is 2.29. The van der Waals surface area contributed by atoms with E-state index in [0.29, 0.717) is 37.6 Å². The van der Waals surface area contributed by atoms with E-state index in [0.717, 1.165) is 6.42 Å². The highest BCUT2D eigenvalue weighted by molar-refractivity contribution is 5.89. The third-order valence-electron chi connectivity index (χ3n) is 5.12. The van der Waals surface area contributed by atoms with E-state index in [1.165, 1.54) is 0 Å². The predicted molar refractivity (Wildman–Crippen MR) is 124 cm³/mol. The molecule has 0 unspecified atom stereocenters. The number of hydrogen-bond donors (Lipinski definition) is 0. The van der Waals surface area contributed by atoms with Crippen molar-refractivity contribution in [3.05, 3.63) is 71.8 Å². The van der Waals surface area contributed by atoms with Gasteiger partial charge in [-0.1, -0.05) is 43.3 Å². The summed E-state index contributed by atoms with van der Waals surface area (Å²) in [4.78, 5) is 24.0. The highest BCUT2D eigenvalue weighted by atomic mass is 16.6. The Kier molecular flexibility index (Phi) is 12.2. The lowest BCUT2D eigenvalue weighted by Crippen LogP contribution is -2.37. The Morgan fingerprint density at radius 2 is 1.06 bits per heavy atom. The summed E-state index contributed by atoms with van der Waals surface area (Å²) in [5.74, 6) is -0.743. The molecule has 0 amide bonds. The highest BCUT2D eigenvalue weighted by Crippen LogP contribution is 2.24. The number of carbonyl (C=O) groups excluding carboxylic acids is 2. The van der Waals surface area contributed by atoms with E-state index in [9.17, 15) is 9.59 Å². The summed E-state index contributed by atoms with van der Waals surface area (Å²) in [5, 5.41) is 0. The van der Waals surface area contributed by atoms with Gasteiger partial charge in [-0.3, -0.25) is 0 Å². The molecule has 0 aliphatic heterocycles. The van der Waals surface area contributed by atoms with Gasteiger partial charge in [-0.05, 0) is 37.6 Å². The molecule has 2 aromatic rings. The summed E-state index contributed by atoms with van der Waals surface area (Å²) in [6.07, 6.45) is 0.778. The molecule has 2 rings (SSSR count). The molecule has 0 aromatic heterocycles. The van der Waals surface area contributed by atoms with Crippen LogP contribution in [0.1, 0.15) is 41.0 Å². The first kappa shape index (κ1) is 26.5. The van der Waals surface area contributed by atoms with Crippen molar-refractivity contribution in [3.63, 3.8) is 0 Å². The van der Waals surface area contributed by atoms with E-state index in [-0.39, 0.29) is 43.8 Å². The fraction of sp³-hybridized carbons (Fsp3) is 0.462. The van der Waals surface area contributed by atoms with Crippen molar-refractivity contribution in [1.82, 2.24) is 0 Å². The molecule has 0 heterocycles. The van der Waals surface area contributed by atoms with Gasteiger partial charge in [0, 0.05) is 12.0 Å². The van der Waals surface area contributed by atoms with Crippen LogP contribution in [0.2, 0.25) is 0 Å². The molecule has 0 aliphatic rings. The van der Waals surface area contributed by atoms with Crippen LogP contribution in [0.5, 0.6) is 0 Å². The molecule has 0 N–H and O–H groups in total. The number of hydrogen-bond acceptors (Lipinski definition) is 7. The maximum atomic E-state index is 12.0. The topological polar surface area (TPSA) is 80.3 Å².